The van der Waals surface area contributed by atoms with Gasteiger partial charge in [0.05, 0.1) is 7.11 Å². The van der Waals surface area contributed by atoms with E-state index in [4.69, 9.17) is 20.6 Å². The molecule has 0 aliphatic rings. The highest BCUT2D eigenvalue weighted by atomic mass is 19.1. The molecule has 0 bridgehead atoms. The first-order valence-corrected chi connectivity index (χ1v) is 6.54. The van der Waals surface area contributed by atoms with Crippen molar-refractivity contribution in [3.8, 4) is 17.2 Å². The minimum Gasteiger partial charge on any atom is -0.493 e. The van der Waals surface area contributed by atoms with Gasteiger partial charge in [-0.15, -0.1) is 0 Å². The summed E-state index contributed by atoms with van der Waals surface area (Å²) in [4.78, 5) is 0. The van der Waals surface area contributed by atoms with E-state index in [1.54, 1.807) is 6.07 Å². The van der Waals surface area contributed by atoms with E-state index in [1.165, 1.54) is 25.3 Å². The summed E-state index contributed by atoms with van der Waals surface area (Å²) in [5.74, 6) is 0.269. The molecule has 0 aliphatic carbocycles. The lowest BCUT2D eigenvalue weighted by Crippen LogP contribution is -2.11. The van der Waals surface area contributed by atoms with Gasteiger partial charge >= 0.3 is 0 Å². The van der Waals surface area contributed by atoms with Gasteiger partial charge in [0, 0.05) is 5.56 Å². The molecule has 0 heterocycles. The summed E-state index contributed by atoms with van der Waals surface area (Å²) in [5, 5.41) is 7.28. The molecule has 0 radical (unpaired) electrons. The molecule has 0 fully saturated rings. The van der Waals surface area contributed by atoms with Crippen LogP contribution in [0.3, 0.4) is 0 Å². The summed E-state index contributed by atoms with van der Waals surface area (Å²) < 4.78 is 24.8. The number of aryl methyl sites for hydroxylation is 1. The molecule has 21 heavy (non-hydrogen) atoms. The third kappa shape index (κ3) is 3.31. The monoisotopic (exact) mass is 288 g/mol. The molecular formula is C16H17FN2O2. The number of halogens is 1. The quantitative estimate of drug-likeness (QED) is 0.654. The second-order valence-electron chi connectivity index (χ2n) is 4.50. The molecule has 4 nitrogen and oxygen atoms in total. The highest BCUT2D eigenvalue weighted by Crippen LogP contribution is 2.33. The molecular weight excluding hydrogens is 271 g/mol. The van der Waals surface area contributed by atoms with Crippen LogP contribution in [0.25, 0.3) is 0 Å². The fraction of sp³-hybridized carbons (Fsp3) is 0.188. The van der Waals surface area contributed by atoms with Crippen molar-refractivity contribution in [1.82, 2.24) is 0 Å². The summed E-state index contributed by atoms with van der Waals surface area (Å²) in [6, 6.07) is 9.66. The Hall–Kier alpha value is -2.56. The summed E-state index contributed by atoms with van der Waals surface area (Å²) in [6.45, 7) is 2.04. The summed E-state index contributed by atoms with van der Waals surface area (Å²) in [5.41, 5.74) is 6.74. The van der Waals surface area contributed by atoms with Crippen molar-refractivity contribution in [2.75, 3.05) is 7.11 Å². The number of hydrogen-bond donors (Lipinski definition) is 2. The molecule has 2 rings (SSSR count). The largest absolute Gasteiger partial charge is 0.493 e. The van der Waals surface area contributed by atoms with Crippen molar-refractivity contribution in [1.29, 1.82) is 5.41 Å². The van der Waals surface area contributed by atoms with Crippen LogP contribution in [0.5, 0.6) is 17.2 Å². The summed E-state index contributed by atoms with van der Waals surface area (Å²) >= 11 is 0. The number of ether oxygens (including phenoxy) is 2. The van der Waals surface area contributed by atoms with Gasteiger partial charge in [0.25, 0.3) is 0 Å². The lowest BCUT2D eigenvalue weighted by molar-refractivity contribution is 0.370. The van der Waals surface area contributed by atoms with Crippen molar-refractivity contribution < 1.29 is 13.9 Å². The molecule has 0 spiro atoms. The third-order valence-electron chi connectivity index (χ3n) is 3.10. The van der Waals surface area contributed by atoms with Gasteiger partial charge in [-0.05, 0) is 42.3 Å². The maximum Gasteiger partial charge on any atom is 0.169 e. The standard InChI is InChI=1S/C16H17FN2O2/c1-3-10-4-6-14(15(8-10)20-2)21-13-7-5-11(16(18)19)9-12(13)17/h4-9H,3H2,1-2H3,(H3,18,19). The molecule has 110 valence electrons. The van der Waals surface area contributed by atoms with E-state index in [0.29, 0.717) is 17.1 Å². The first-order chi connectivity index (χ1) is 10.0. The minimum atomic E-state index is -0.579. The Morgan fingerprint density at radius 2 is 1.86 bits per heavy atom. The molecule has 5 heteroatoms. The number of nitrogens with one attached hydrogen (secondary N) is 1. The van der Waals surface area contributed by atoms with Gasteiger partial charge in [0.15, 0.2) is 23.1 Å². The Morgan fingerprint density at radius 1 is 1.14 bits per heavy atom. The number of amidine groups is 1. The van der Waals surface area contributed by atoms with Gasteiger partial charge in [0.1, 0.15) is 5.84 Å². The van der Waals surface area contributed by atoms with Crippen molar-refractivity contribution >= 4 is 5.84 Å². The SMILES string of the molecule is CCc1ccc(Oc2ccc(C(=N)N)cc2F)c(OC)c1. The second kappa shape index (κ2) is 6.26. The van der Waals surface area contributed by atoms with Gasteiger partial charge in [-0.2, -0.15) is 0 Å². The lowest BCUT2D eigenvalue weighted by Gasteiger charge is -2.12. The molecule has 0 aliphatic heterocycles. The Morgan fingerprint density at radius 3 is 2.43 bits per heavy atom. The predicted molar refractivity (Wildman–Crippen MR) is 79.9 cm³/mol. The van der Waals surface area contributed by atoms with Crippen LogP contribution in [-0.4, -0.2) is 12.9 Å². The highest BCUT2D eigenvalue weighted by molar-refractivity contribution is 5.95. The first-order valence-electron chi connectivity index (χ1n) is 6.54. The Bertz CT molecular complexity index is 671. The zero-order chi connectivity index (χ0) is 15.4. The van der Waals surface area contributed by atoms with Crippen LogP contribution in [-0.2, 0) is 6.42 Å². The average molecular weight is 288 g/mol. The van der Waals surface area contributed by atoms with Crippen LogP contribution in [0.15, 0.2) is 36.4 Å². The van der Waals surface area contributed by atoms with Crippen molar-refractivity contribution in [2.24, 2.45) is 5.73 Å². The third-order valence-corrected chi connectivity index (χ3v) is 3.10. The number of benzene rings is 2. The van der Waals surface area contributed by atoms with Crippen LogP contribution in [0.1, 0.15) is 18.1 Å². The molecule has 0 saturated carbocycles. The van der Waals surface area contributed by atoms with E-state index in [0.717, 1.165) is 12.0 Å². The molecule has 2 aromatic rings. The molecule has 0 aromatic heterocycles. The van der Waals surface area contributed by atoms with Crippen molar-refractivity contribution in [3.63, 3.8) is 0 Å². The Balaban J connectivity index is 2.32. The predicted octanol–water partition coefficient (Wildman–Crippen LogP) is 3.47. The smallest absolute Gasteiger partial charge is 0.169 e. The maximum absolute atomic E-state index is 14.0. The number of methoxy groups -OCH3 is 1. The van der Waals surface area contributed by atoms with Gasteiger partial charge < -0.3 is 15.2 Å². The molecule has 2 aromatic carbocycles. The van der Waals surface area contributed by atoms with E-state index in [1.807, 2.05) is 19.1 Å². The topological polar surface area (TPSA) is 68.3 Å². The maximum atomic E-state index is 14.0. The fourth-order valence-corrected chi connectivity index (χ4v) is 1.89. The Kier molecular flexibility index (Phi) is 4.42. The average Bonchev–Trinajstić information content (AvgIpc) is 2.49. The second-order valence-corrected chi connectivity index (χ2v) is 4.50. The zero-order valence-corrected chi connectivity index (χ0v) is 11.9. The Labute approximate surface area is 122 Å². The molecule has 3 N–H and O–H groups in total. The lowest BCUT2D eigenvalue weighted by atomic mass is 10.1. The van der Waals surface area contributed by atoms with E-state index < -0.39 is 5.82 Å². The normalized spacial score (nSPS) is 10.2. The van der Waals surface area contributed by atoms with E-state index in [9.17, 15) is 4.39 Å². The number of nitrogen functional groups attached to an aromatic ring is 1. The first kappa shape index (κ1) is 14.8. The van der Waals surface area contributed by atoms with Crippen molar-refractivity contribution in [2.45, 2.75) is 13.3 Å². The fourth-order valence-electron chi connectivity index (χ4n) is 1.89. The summed E-state index contributed by atoms with van der Waals surface area (Å²) in [6.07, 6.45) is 0.873. The number of nitrogens with two attached hydrogens (primary N) is 1. The van der Waals surface area contributed by atoms with Crippen LogP contribution in [0.2, 0.25) is 0 Å². The van der Waals surface area contributed by atoms with E-state index in [-0.39, 0.29) is 11.6 Å². The number of hydrogen-bond acceptors (Lipinski definition) is 3. The van der Waals surface area contributed by atoms with E-state index >= 15 is 0 Å². The van der Waals surface area contributed by atoms with E-state index in [2.05, 4.69) is 0 Å². The highest BCUT2D eigenvalue weighted by Gasteiger charge is 2.11. The van der Waals surface area contributed by atoms with Crippen LogP contribution in [0, 0.1) is 11.2 Å². The van der Waals surface area contributed by atoms with Gasteiger partial charge in [-0.3, -0.25) is 5.41 Å². The van der Waals surface area contributed by atoms with Crippen LogP contribution < -0.4 is 15.2 Å². The molecule has 0 atom stereocenters. The van der Waals surface area contributed by atoms with Gasteiger partial charge in [-0.1, -0.05) is 13.0 Å². The van der Waals surface area contributed by atoms with Crippen molar-refractivity contribution in [3.05, 3.63) is 53.3 Å². The van der Waals surface area contributed by atoms with Crippen LogP contribution >= 0.6 is 0 Å². The summed E-state index contributed by atoms with van der Waals surface area (Å²) in [7, 11) is 1.54. The molecule has 0 saturated heterocycles. The number of rotatable bonds is 5. The van der Waals surface area contributed by atoms with Crippen LogP contribution in [0.4, 0.5) is 4.39 Å². The zero-order valence-electron chi connectivity index (χ0n) is 11.9. The van der Waals surface area contributed by atoms with Gasteiger partial charge in [0.2, 0.25) is 0 Å². The minimum absolute atomic E-state index is 0.0579. The molecule has 0 amide bonds. The molecule has 0 unspecified atom stereocenters. The van der Waals surface area contributed by atoms with Gasteiger partial charge in [-0.25, -0.2) is 4.39 Å².